The first-order valence-electron chi connectivity index (χ1n) is 7.19. The van der Waals surface area contributed by atoms with Crippen LogP contribution < -0.4 is 0 Å². The van der Waals surface area contributed by atoms with E-state index in [1.165, 1.54) is 12.1 Å². The molecule has 21 heavy (non-hydrogen) atoms. The molecule has 2 rings (SSSR count). The summed E-state index contributed by atoms with van der Waals surface area (Å²) in [6.07, 6.45) is 1.64. The van der Waals surface area contributed by atoms with E-state index in [1.807, 2.05) is 32.0 Å². The van der Waals surface area contributed by atoms with Crippen molar-refractivity contribution in [3.63, 3.8) is 0 Å². The molecule has 3 heteroatoms. The van der Waals surface area contributed by atoms with E-state index in [2.05, 4.69) is 0 Å². The minimum Gasteiger partial charge on any atom is -0.207 e. The molecule has 1 unspecified atom stereocenters. The first kappa shape index (κ1) is 16.0. The summed E-state index contributed by atoms with van der Waals surface area (Å²) in [5.74, 6) is -1.15. The van der Waals surface area contributed by atoms with Gasteiger partial charge in [0.05, 0.1) is 5.38 Å². The minimum atomic E-state index is -0.814. The second kappa shape index (κ2) is 6.57. The molecule has 0 aliphatic heterocycles. The van der Waals surface area contributed by atoms with Crippen LogP contribution in [0.3, 0.4) is 0 Å². The average molecular weight is 309 g/mol. The molecule has 0 spiro atoms. The smallest absolute Gasteiger partial charge is 0.134 e. The normalized spacial score (nSPS) is 12.5. The van der Waals surface area contributed by atoms with Gasteiger partial charge in [0, 0.05) is 5.56 Å². The molecule has 0 bridgehead atoms. The Morgan fingerprint density at radius 2 is 1.76 bits per heavy atom. The van der Waals surface area contributed by atoms with Gasteiger partial charge in [-0.1, -0.05) is 38.1 Å². The van der Waals surface area contributed by atoms with Crippen molar-refractivity contribution in [2.24, 2.45) is 0 Å². The fraction of sp³-hybridized carbons (Fsp3) is 0.333. The van der Waals surface area contributed by atoms with E-state index in [0.29, 0.717) is 5.56 Å². The Hall–Kier alpha value is -1.41. The van der Waals surface area contributed by atoms with Crippen LogP contribution in [0.25, 0.3) is 0 Å². The predicted molar refractivity (Wildman–Crippen MR) is 84.0 cm³/mol. The van der Waals surface area contributed by atoms with Gasteiger partial charge in [0.25, 0.3) is 0 Å². The van der Waals surface area contributed by atoms with Crippen LogP contribution in [-0.2, 0) is 12.8 Å². The number of hydrogen-bond acceptors (Lipinski definition) is 0. The zero-order valence-corrected chi connectivity index (χ0v) is 13.3. The average Bonchev–Trinajstić information content (AvgIpc) is 2.50. The Bertz CT molecular complexity index is 650. The first-order valence-corrected chi connectivity index (χ1v) is 7.63. The van der Waals surface area contributed by atoms with E-state index in [0.717, 1.165) is 29.5 Å². The van der Waals surface area contributed by atoms with Crippen LogP contribution in [0.15, 0.2) is 30.3 Å². The Balaban J connectivity index is 2.59. The fourth-order valence-electron chi connectivity index (χ4n) is 2.49. The number of benzene rings is 2. The van der Waals surface area contributed by atoms with Crippen LogP contribution in [0.2, 0.25) is 0 Å². The molecule has 2 aromatic rings. The van der Waals surface area contributed by atoms with Gasteiger partial charge in [0.1, 0.15) is 11.6 Å². The molecule has 0 saturated heterocycles. The van der Waals surface area contributed by atoms with Gasteiger partial charge >= 0.3 is 0 Å². The van der Waals surface area contributed by atoms with Crippen LogP contribution in [0.4, 0.5) is 8.78 Å². The lowest BCUT2D eigenvalue weighted by Crippen LogP contribution is -2.06. The second-order valence-electron chi connectivity index (χ2n) is 5.19. The lowest BCUT2D eigenvalue weighted by atomic mass is 9.94. The van der Waals surface area contributed by atoms with Crippen LogP contribution >= 0.6 is 11.6 Å². The van der Waals surface area contributed by atoms with Crippen LogP contribution in [0.1, 0.15) is 47.0 Å². The molecule has 0 aliphatic rings. The highest BCUT2D eigenvalue weighted by Crippen LogP contribution is 2.36. The third-order valence-electron chi connectivity index (χ3n) is 3.85. The molecule has 0 amide bonds. The minimum absolute atomic E-state index is 0.0559. The van der Waals surface area contributed by atoms with Gasteiger partial charge in [0.2, 0.25) is 0 Å². The number of hydrogen-bond donors (Lipinski definition) is 0. The van der Waals surface area contributed by atoms with Crippen LogP contribution in [0, 0.1) is 18.6 Å². The van der Waals surface area contributed by atoms with Gasteiger partial charge in [-0.2, -0.15) is 0 Å². The van der Waals surface area contributed by atoms with Crippen molar-refractivity contribution in [1.29, 1.82) is 0 Å². The van der Waals surface area contributed by atoms with Crippen molar-refractivity contribution in [3.05, 3.63) is 69.8 Å². The third-order valence-corrected chi connectivity index (χ3v) is 4.30. The highest BCUT2D eigenvalue weighted by atomic mass is 35.5. The Morgan fingerprint density at radius 3 is 2.38 bits per heavy atom. The van der Waals surface area contributed by atoms with Gasteiger partial charge in [-0.25, -0.2) is 8.78 Å². The molecule has 1 atom stereocenters. The topological polar surface area (TPSA) is 0 Å². The number of alkyl halides is 1. The van der Waals surface area contributed by atoms with Crippen LogP contribution in [0.5, 0.6) is 0 Å². The summed E-state index contributed by atoms with van der Waals surface area (Å²) in [6.45, 7) is 5.67. The van der Waals surface area contributed by atoms with E-state index in [1.54, 1.807) is 6.92 Å². The Kier molecular flexibility index (Phi) is 5.00. The van der Waals surface area contributed by atoms with Crippen molar-refractivity contribution in [2.45, 2.75) is 39.0 Å². The zero-order chi connectivity index (χ0) is 15.6. The van der Waals surface area contributed by atoms with E-state index in [9.17, 15) is 8.78 Å². The van der Waals surface area contributed by atoms with Gasteiger partial charge in [-0.05, 0) is 48.1 Å². The van der Waals surface area contributed by atoms with Gasteiger partial charge < -0.3 is 0 Å². The van der Waals surface area contributed by atoms with Crippen LogP contribution in [-0.4, -0.2) is 0 Å². The SMILES string of the molecule is CCc1ccc(CC)c(C(Cl)c2c(F)ccc(C)c2F)c1. The first-order chi connectivity index (χ1) is 9.99. The molecule has 0 heterocycles. The standard InChI is InChI=1S/C18H19ClF2/c1-4-12-7-8-13(5-2)14(10-12)17(19)16-15(20)9-6-11(3)18(16)21/h6-10,17H,4-5H2,1-3H3. The fourth-order valence-corrected chi connectivity index (χ4v) is 2.89. The maximum atomic E-state index is 14.3. The molecule has 0 saturated carbocycles. The number of rotatable bonds is 4. The van der Waals surface area contributed by atoms with E-state index in [-0.39, 0.29) is 5.56 Å². The maximum absolute atomic E-state index is 14.3. The Morgan fingerprint density at radius 1 is 1.05 bits per heavy atom. The second-order valence-corrected chi connectivity index (χ2v) is 5.63. The van der Waals surface area contributed by atoms with E-state index < -0.39 is 17.0 Å². The van der Waals surface area contributed by atoms with E-state index in [4.69, 9.17) is 11.6 Å². The summed E-state index contributed by atoms with van der Waals surface area (Å²) in [5.41, 5.74) is 3.28. The molecule has 0 nitrogen and oxygen atoms in total. The monoisotopic (exact) mass is 308 g/mol. The zero-order valence-electron chi connectivity index (χ0n) is 12.5. The van der Waals surface area contributed by atoms with Crippen molar-refractivity contribution < 1.29 is 8.78 Å². The molecule has 0 fully saturated rings. The van der Waals surface area contributed by atoms with E-state index >= 15 is 0 Å². The lowest BCUT2D eigenvalue weighted by Gasteiger charge is -2.18. The highest BCUT2D eigenvalue weighted by molar-refractivity contribution is 6.22. The van der Waals surface area contributed by atoms with Gasteiger partial charge in [0.15, 0.2) is 0 Å². The quantitative estimate of drug-likeness (QED) is 0.633. The molecule has 2 aromatic carbocycles. The lowest BCUT2D eigenvalue weighted by molar-refractivity contribution is 0.553. The number of halogens is 3. The predicted octanol–water partition coefficient (Wildman–Crippen LogP) is 5.73. The largest absolute Gasteiger partial charge is 0.207 e. The molecule has 0 radical (unpaired) electrons. The number of aryl methyl sites for hydroxylation is 3. The molecular weight excluding hydrogens is 290 g/mol. The van der Waals surface area contributed by atoms with Gasteiger partial charge in [-0.15, -0.1) is 11.6 Å². The van der Waals surface area contributed by atoms with Crippen molar-refractivity contribution in [1.82, 2.24) is 0 Å². The summed E-state index contributed by atoms with van der Waals surface area (Å²) in [6, 6.07) is 8.70. The highest BCUT2D eigenvalue weighted by Gasteiger charge is 2.23. The third kappa shape index (κ3) is 3.11. The Labute approximate surface area is 129 Å². The molecule has 0 N–H and O–H groups in total. The summed E-state index contributed by atoms with van der Waals surface area (Å²) in [7, 11) is 0. The van der Waals surface area contributed by atoms with Crippen molar-refractivity contribution in [2.75, 3.05) is 0 Å². The molecule has 112 valence electrons. The van der Waals surface area contributed by atoms with Crippen molar-refractivity contribution in [3.8, 4) is 0 Å². The summed E-state index contributed by atoms with van der Waals surface area (Å²) in [4.78, 5) is 0. The summed E-state index contributed by atoms with van der Waals surface area (Å²) >= 11 is 6.45. The summed E-state index contributed by atoms with van der Waals surface area (Å²) in [5, 5.41) is -0.814. The maximum Gasteiger partial charge on any atom is 0.134 e. The molecule has 0 aromatic heterocycles. The molecule has 0 aliphatic carbocycles. The molecular formula is C18H19ClF2. The summed E-state index contributed by atoms with van der Waals surface area (Å²) < 4.78 is 28.4. The van der Waals surface area contributed by atoms with Gasteiger partial charge in [-0.3, -0.25) is 0 Å². The van der Waals surface area contributed by atoms with Crippen molar-refractivity contribution >= 4 is 11.6 Å².